The zero-order valence-electron chi connectivity index (χ0n) is 22.5. The Hall–Kier alpha value is -2.28. The smallest absolute Gasteiger partial charge is 0.343 e. The second-order valence-electron chi connectivity index (χ2n) is 8.91. The second kappa shape index (κ2) is 17.3. The molecular weight excluding hydrogens is 540 g/mol. The summed E-state index contributed by atoms with van der Waals surface area (Å²) in [5, 5.41) is 10.8. The molecule has 0 N–H and O–H groups in total. The van der Waals surface area contributed by atoms with Crippen LogP contribution >= 0.6 is 0 Å². The number of fused-ring (bicyclic) bond motifs is 6. The van der Waals surface area contributed by atoms with Gasteiger partial charge in [-0.2, -0.15) is 6.42 Å². The van der Waals surface area contributed by atoms with Crippen molar-refractivity contribution in [1.82, 2.24) is 0 Å². The van der Waals surface area contributed by atoms with Crippen molar-refractivity contribution in [2.75, 3.05) is 0 Å². The Morgan fingerprint density at radius 3 is 1.11 bits per heavy atom. The van der Waals surface area contributed by atoms with Gasteiger partial charge < -0.3 is 6.92 Å². The Morgan fingerprint density at radius 1 is 0.514 bits per heavy atom. The molecule has 0 heterocycles. The van der Waals surface area contributed by atoms with Crippen LogP contribution in [0.15, 0.2) is 109 Å². The average molecular weight is 580 g/mol. The third kappa shape index (κ3) is 8.62. The van der Waals surface area contributed by atoms with Crippen molar-refractivity contribution in [3.63, 3.8) is 0 Å². The van der Waals surface area contributed by atoms with Gasteiger partial charge in [-0.3, -0.25) is 0 Å². The number of rotatable bonds is 5. The molecule has 6 rings (SSSR count). The molecule has 6 aromatic rings. The van der Waals surface area contributed by atoms with E-state index in [-0.39, 0.29) is 26.2 Å². The molecule has 37 heavy (non-hydrogen) atoms. The fourth-order valence-electron chi connectivity index (χ4n) is 4.59. The molecule has 0 amide bonds. The maximum absolute atomic E-state index is 3.78. The first-order valence-corrected chi connectivity index (χ1v) is 14.8. The predicted molar refractivity (Wildman–Crippen MR) is 167 cm³/mol. The summed E-state index contributed by atoms with van der Waals surface area (Å²) in [7, 11) is 1.86. The van der Waals surface area contributed by atoms with E-state index in [4.69, 9.17) is 0 Å². The first kappa shape index (κ1) is 30.9. The third-order valence-corrected chi connectivity index (χ3v) is 6.40. The fraction of sp³-hybridized carbons (Fsp3) is 0.229. The summed E-state index contributed by atoms with van der Waals surface area (Å²) >= 11 is 0. The molecule has 0 aliphatic carbocycles. The van der Waals surface area contributed by atoms with Gasteiger partial charge >= 0.3 is 26.2 Å². The Balaban J connectivity index is 0.000000193. The zero-order valence-corrected chi connectivity index (χ0v) is 26.4. The van der Waals surface area contributed by atoms with E-state index in [9.17, 15) is 0 Å². The minimum absolute atomic E-state index is 0. The van der Waals surface area contributed by atoms with Crippen LogP contribution in [0.3, 0.4) is 0 Å². The van der Waals surface area contributed by atoms with Crippen LogP contribution in [0.2, 0.25) is 6.55 Å². The number of unbranched alkanes of at least 4 members (excludes halogenated alkanes) is 5. The minimum Gasteiger partial charge on any atom is -0.343 e. The van der Waals surface area contributed by atoms with E-state index in [2.05, 4.69) is 123 Å². The van der Waals surface area contributed by atoms with Crippen LogP contribution in [-0.4, -0.2) is 10.2 Å². The van der Waals surface area contributed by atoms with Gasteiger partial charge in [0.25, 0.3) is 0 Å². The van der Waals surface area contributed by atoms with Gasteiger partial charge in [0.1, 0.15) is 0 Å². The van der Waals surface area contributed by atoms with E-state index in [1.54, 1.807) is 0 Å². The molecule has 0 bridgehead atoms. The largest absolute Gasteiger partial charge is 3.00 e. The van der Waals surface area contributed by atoms with Gasteiger partial charge in [-0.1, -0.05) is 118 Å². The summed E-state index contributed by atoms with van der Waals surface area (Å²) in [5.41, 5.74) is 0. The Labute approximate surface area is 246 Å². The van der Waals surface area contributed by atoms with Gasteiger partial charge in [0.15, 0.2) is 0 Å². The zero-order chi connectivity index (χ0) is 25.6. The van der Waals surface area contributed by atoms with E-state index in [0.29, 0.717) is 0 Å². The minimum atomic E-state index is 0. The Bertz CT molecular complexity index is 1230. The van der Waals surface area contributed by atoms with Gasteiger partial charge in [0, 0.05) is 10.2 Å². The summed E-state index contributed by atoms with van der Waals surface area (Å²) in [6.45, 7) is 8.05. The second-order valence-corrected chi connectivity index (χ2v) is 8.91. The van der Waals surface area contributed by atoms with Gasteiger partial charge in [0.2, 0.25) is 0 Å². The van der Waals surface area contributed by atoms with Crippen LogP contribution in [0.4, 0.5) is 0 Å². The first-order valence-electron chi connectivity index (χ1n) is 13.4. The predicted octanol–water partition coefficient (Wildman–Crippen LogP) is 10.3. The van der Waals surface area contributed by atoms with Crippen LogP contribution in [-0.2, 0) is 26.2 Å². The SMILES string of the molecule is C[SiH2].[CH2-]CCCCCCC.[Zr+3].c1ccc2c(c1)[cH-]c1ccccc12.c1ccc2c(c1)[cH-]c1ccccc12. The molecule has 0 atom stereocenters. The molecule has 188 valence electrons. The quantitative estimate of drug-likeness (QED) is 0.108. The van der Waals surface area contributed by atoms with Crippen molar-refractivity contribution in [2.24, 2.45) is 0 Å². The summed E-state index contributed by atoms with van der Waals surface area (Å²) in [6.07, 6.45) is 7.98. The standard InChI is InChI=1S/2C13H9.C8H17.CH5Si.Zr/c2*1-3-7-12-10(5-1)9-11-6-2-4-8-13(11)12;1-3-5-7-8-6-4-2;1-2;/h2*1-9H;1,3-8H2,2H3;2H2,1H3;/q3*-1;;+3. The molecule has 6 aromatic carbocycles. The van der Waals surface area contributed by atoms with Crippen LogP contribution in [0.1, 0.15) is 45.4 Å². The van der Waals surface area contributed by atoms with E-state index in [1.165, 1.54) is 75.2 Å². The molecule has 0 spiro atoms. The van der Waals surface area contributed by atoms with Gasteiger partial charge in [0.05, 0.1) is 0 Å². The molecule has 0 saturated carbocycles. The van der Waals surface area contributed by atoms with Crippen molar-refractivity contribution < 1.29 is 26.2 Å². The fourth-order valence-corrected chi connectivity index (χ4v) is 4.59. The van der Waals surface area contributed by atoms with E-state index >= 15 is 0 Å². The summed E-state index contributed by atoms with van der Waals surface area (Å²) in [5.74, 6) is 0. The van der Waals surface area contributed by atoms with Crippen LogP contribution in [0, 0.1) is 6.92 Å². The van der Waals surface area contributed by atoms with E-state index in [0.717, 1.165) is 6.42 Å². The molecule has 0 saturated heterocycles. The monoisotopic (exact) mass is 578 g/mol. The van der Waals surface area contributed by atoms with Crippen LogP contribution in [0.25, 0.3) is 43.1 Å². The Kier molecular flexibility index (Phi) is 14.4. The first-order chi connectivity index (χ1) is 17.8. The van der Waals surface area contributed by atoms with Crippen molar-refractivity contribution in [2.45, 2.75) is 52.0 Å². The number of hydrogen-bond acceptors (Lipinski definition) is 0. The molecule has 2 heteroatoms. The summed E-state index contributed by atoms with van der Waals surface area (Å²) in [4.78, 5) is 0. The van der Waals surface area contributed by atoms with Crippen molar-refractivity contribution >= 4 is 53.3 Å². The van der Waals surface area contributed by atoms with Crippen LogP contribution in [0.5, 0.6) is 0 Å². The molecule has 0 aliphatic rings. The molecule has 0 aliphatic heterocycles. The molecular formula is C35H40SiZr. The molecule has 0 unspecified atom stereocenters. The third-order valence-electron chi connectivity index (χ3n) is 6.40. The average Bonchev–Trinajstić information content (AvgIpc) is 3.52. The van der Waals surface area contributed by atoms with E-state index < -0.39 is 0 Å². The van der Waals surface area contributed by atoms with Gasteiger partial charge in [-0.15, -0.1) is 79.5 Å². The van der Waals surface area contributed by atoms with Crippen molar-refractivity contribution in [3.8, 4) is 0 Å². The Morgan fingerprint density at radius 2 is 0.811 bits per heavy atom. The van der Waals surface area contributed by atoms with Gasteiger partial charge in [-0.25, -0.2) is 0 Å². The molecule has 0 aromatic heterocycles. The van der Waals surface area contributed by atoms with E-state index in [1.807, 2.05) is 16.8 Å². The number of benzene rings is 4. The molecule has 0 nitrogen and oxygen atoms in total. The summed E-state index contributed by atoms with van der Waals surface area (Å²) < 4.78 is 0. The molecule has 2 radical (unpaired) electrons. The summed E-state index contributed by atoms with van der Waals surface area (Å²) in [6, 6.07) is 38.5. The van der Waals surface area contributed by atoms with Crippen LogP contribution < -0.4 is 0 Å². The maximum Gasteiger partial charge on any atom is 3.00 e. The van der Waals surface area contributed by atoms with Crippen molar-refractivity contribution in [1.29, 1.82) is 0 Å². The maximum atomic E-state index is 3.78. The molecule has 0 fully saturated rings. The van der Waals surface area contributed by atoms with Crippen molar-refractivity contribution in [3.05, 3.63) is 116 Å². The topological polar surface area (TPSA) is 0 Å². The normalized spacial score (nSPS) is 10.1. The number of hydrogen-bond donors (Lipinski definition) is 0. The van der Waals surface area contributed by atoms with Gasteiger partial charge in [-0.05, 0) is 0 Å².